The number of halogens is 2. The molecule has 9 nitrogen and oxygen atoms in total. The first-order chi connectivity index (χ1) is 18.3. The van der Waals surface area contributed by atoms with Crippen molar-refractivity contribution >= 4 is 52.5 Å². The number of hydrogen-bond acceptors (Lipinski definition) is 6. The summed E-state index contributed by atoms with van der Waals surface area (Å²) in [6.45, 7) is 0. The van der Waals surface area contributed by atoms with Crippen LogP contribution in [0.3, 0.4) is 0 Å². The van der Waals surface area contributed by atoms with Gasteiger partial charge in [-0.25, -0.2) is 9.29 Å². The van der Waals surface area contributed by atoms with Gasteiger partial charge in [0.25, 0.3) is 5.69 Å². The first-order valence-corrected chi connectivity index (χ1v) is 12.1. The maximum Gasteiger partial charge on any atom is 0.289 e. The number of nitrogens with zero attached hydrogens (tertiary/aromatic N) is 3. The third-order valence-corrected chi connectivity index (χ3v) is 7.55. The predicted octanol–water partition coefficient (Wildman–Crippen LogP) is 4.54. The number of fused-ring (bicyclic) bond motifs is 5. The molecule has 38 heavy (non-hydrogen) atoms. The molecule has 3 aromatic carbocycles. The van der Waals surface area contributed by atoms with Crippen molar-refractivity contribution in [2.45, 2.75) is 12.1 Å². The molecule has 4 atom stereocenters. The molecule has 2 fully saturated rings. The predicted molar refractivity (Wildman–Crippen MR) is 136 cm³/mol. The minimum absolute atomic E-state index is 0.0870. The molecule has 3 amide bonds. The molecule has 3 heterocycles. The average Bonchev–Trinajstić information content (AvgIpc) is 3.38. The van der Waals surface area contributed by atoms with E-state index < -0.39 is 52.4 Å². The Balaban J connectivity index is 1.42. The van der Waals surface area contributed by atoms with Gasteiger partial charge in [-0.15, -0.1) is 0 Å². The van der Waals surface area contributed by atoms with Gasteiger partial charge in [-0.1, -0.05) is 35.9 Å². The fourth-order valence-corrected chi connectivity index (χ4v) is 5.83. The Morgan fingerprint density at radius 2 is 1.71 bits per heavy atom. The lowest BCUT2D eigenvalue weighted by atomic mass is 9.84. The van der Waals surface area contributed by atoms with Crippen LogP contribution in [0.15, 0.2) is 72.9 Å². The molecule has 6 rings (SSSR count). The molecule has 190 valence electrons. The molecule has 11 heteroatoms. The van der Waals surface area contributed by atoms with Crippen LogP contribution in [0.5, 0.6) is 0 Å². The Bertz CT molecular complexity index is 1560. The van der Waals surface area contributed by atoms with E-state index in [-0.39, 0.29) is 22.1 Å². The van der Waals surface area contributed by atoms with Gasteiger partial charge in [0.2, 0.25) is 17.7 Å². The molecule has 0 bridgehead atoms. The number of amides is 3. The molecule has 3 aliphatic rings. The molecule has 3 aromatic rings. The smallest absolute Gasteiger partial charge is 0.289 e. The lowest BCUT2D eigenvalue weighted by molar-refractivity contribution is -0.384. The average molecular weight is 533 g/mol. The number of rotatable bonds is 4. The number of nitro groups is 1. The second-order valence-corrected chi connectivity index (χ2v) is 9.64. The Labute approximate surface area is 220 Å². The van der Waals surface area contributed by atoms with Gasteiger partial charge in [0.05, 0.1) is 28.5 Å². The number of nitro benzene ring substituents is 1. The van der Waals surface area contributed by atoms with Crippen LogP contribution in [-0.4, -0.2) is 33.6 Å². The lowest BCUT2D eigenvalue weighted by Gasteiger charge is -2.35. The zero-order valence-corrected chi connectivity index (χ0v) is 20.2. The van der Waals surface area contributed by atoms with Gasteiger partial charge in [-0.05, 0) is 53.6 Å². The van der Waals surface area contributed by atoms with Crippen LogP contribution in [-0.2, 0) is 14.4 Å². The summed E-state index contributed by atoms with van der Waals surface area (Å²) in [4.78, 5) is 54.6. The van der Waals surface area contributed by atoms with Crippen molar-refractivity contribution in [2.75, 3.05) is 10.2 Å². The molecular weight excluding hydrogens is 515 g/mol. The second-order valence-electron chi connectivity index (χ2n) is 9.23. The normalized spacial score (nSPS) is 23.2. The minimum atomic E-state index is -1.09. The van der Waals surface area contributed by atoms with Crippen LogP contribution < -0.4 is 10.2 Å². The fourth-order valence-electron chi connectivity index (χ4n) is 5.65. The molecular formula is C27H18ClFN4O5. The van der Waals surface area contributed by atoms with Crippen molar-refractivity contribution in [2.24, 2.45) is 11.8 Å². The van der Waals surface area contributed by atoms with E-state index in [0.29, 0.717) is 0 Å². The molecule has 3 aliphatic heterocycles. The third kappa shape index (κ3) is 3.56. The van der Waals surface area contributed by atoms with Gasteiger partial charge in [0, 0.05) is 18.0 Å². The maximum atomic E-state index is 13.8. The number of hydrogen-bond donors (Lipinski definition) is 1. The lowest BCUT2D eigenvalue weighted by Crippen LogP contribution is -2.46. The summed E-state index contributed by atoms with van der Waals surface area (Å²) in [5.41, 5.74) is 1.62. The highest BCUT2D eigenvalue weighted by atomic mass is 35.5. The van der Waals surface area contributed by atoms with E-state index in [9.17, 15) is 28.9 Å². The summed E-state index contributed by atoms with van der Waals surface area (Å²) in [7, 11) is 0. The van der Waals surface area contributed by atoms with Crippen LogP contribution in [0.2, 0.25) is 5.02 Å². The summed E-state index contributed by atoms with van der Waals surface area (Å²) in [6, 6.07) is 14.6. The van der Waals surface area contributed by atoms with Crippen molar-refractivity contribution in [1.29, 1.82) is 0 Å². The van der Waals surface area contributed by atoms with E-state index in [4.69, 9.17) is 11.6 Å². The van der Waals surface area contributed by atoms with E-state index in [2.05, 4.69) is 5.32 Å². The van der Waals surface area contributed by atoms with Crippen LogP contribution in [0.1, 0.15) is 17.2 Å². The van der Waals surface area contributed by atoms with E-state index in [1.54, 1.807) is 11.1 Å². The van der Waals surface area contributed by atoms with Gasteiger partial charge in [0.1, 0.15) is 16.9 Å². The van der Waals surface area contributed by atoms with E-state index in [1.807, 2.05) is 30.3 Å². The van der Waals surface area contributed by atoms with Gasteiger partial charge >= 0.3 is 0 Å². The number of anilines is 2. The zero-order valence-electron chi connectivity index (χ0n) is 19.5. The number of carbonyl (C=O) groups is 3. The molecule has 0 spiro atoms. The van der Waals surface area contributed by atoms with Gasteiger partial charge in [-0.3, -0.25) is 24.5 Å². The summed E-state index contributed by atoms with van der Waals surface area (Å²) in [6.07, 6.45) is 3.51. The van der Waals surface area contributed by atoms with Crippen molar-refractivity contribution in [3.05, 3.63) is 105 Å². The topological polar surface area (TPSA) is 113 Å². The molecule has 0 radical (unpaired) electrons. The van der Waals surface area contributed by atoms with Gasteiger partial charge in [0.15, 0.2) is 0 Å². The quantitative estimate of drug-likeness (QED) is 0.300. The summed E-state index contributed by atoms with van der Waals surface area (Å²) >= 11 is 5.90. The van der Waals surface area contributed by atoms with E-state index in [0.717, 1.165) is 34.2 Å². The summed E-state index contributed by atoms with van der Waals surface area (Å²) < 4.78 is 13.6. The van der Waals surface area contributed by atoms with Crippen molar-refractivity contribution in [3.8, 4) is 0 Å². The van der Waals surface area contributed by atoms with Crippen LogP contribution >= 0.6 is 11.6 Å². The van der Waals surface area contributed by atoms with Crippen LogP contribution in [0.25, 0.3) is 6.08 Å². The Morgan fingerprint density at radius 1 is 1.00 bits per heavy atom. The molecule has 0 saturated carbocycles. The standard InChI is InChI=1S/C27H18ClFN4O5/c28-19-10-7-16(13-20(19)33(37)38)30-25(34)24-22-21(23-18-4-2-1-3-14(18)11-12-31(23)24)26(35)32(27(22)36)17-8-5-15(29)6-9-17/h1-13,21-24H,(H,30,34). The SMILES string of the molecule is O=C(Nc1ccc(Cl)c([N+](=O)[O-])c1)C1C2C(=O)N(c3ccc(F)cc3)C(=O)C2C2c3ccccc3C=CN12. The zero-order chi connectivity index (χ0) is 26.7. The molecule has 0 aromatic heterocycles. The van der Waals surface area contributed by atoms with Crippen LogP contribution in [0.4, 0.5) is 21.5 Å². The monoisotopic (exact) mass is 532 g/mol. The second kappa shape index (κ2) is 8.77. The number of nitrogens with one attached hydrogen (secondary N) is 1. The highest BCUT2D eigenvalue weighted by Gasteiger charge is 2.64. The van der Waals surface area contributed by atoms with E-state index in [1.165, 1.54) is 24.3 Å². The van der Waals surface area contributed by atoms with Crippen molar-refractivity contribution in [1.82, 2.24) is 4.90 Å². The summed E-state index contributed by atoms with van der Waals surface area (Å²) in [5.74, 6) is -4.10. The Hall–Kier alpha value is -4.57. The highest BCUT2D eigenvalue weighted by Crippen LogP contribution is 2.53. The minimum Gasteiger partial charge on any atom is -0.357 e. The highest BCUT2D eigenvalue weighted by molar-refractivity contribution is 6.32. The molecule has 0 aliphatic carbocycles. The number of benzene rings is 3. The van der Waals surface area contributed by atoms with Crippen molar-refractivity contribution < 1.29 is 23.7 Å². The van der Waals surface area contributed by atoms with E-state index >= 15 is 0 Å². The Morgan fingerprint density at radius 3 is 2.45 bits per heavy atom. The number of imide groups is 1. The van der Waals surface area contributed by atoms with Gasteiger partial charge < -0.3 is 10.2 Å². The largest absolute Gasteiger partial charge is 0.357 e. The summed E-state index contributed by atoms with van der Waals surface area (Å²) in [5, 5.41) is 13.9. The van der Waals surface area contributed by atoms with Crippen LogP contribution in [0, 0.1) is 27.8 Å². The molecule has 4 unspecified atom stereocenters. The maximum absolute atomic E-state index is 13.8. The third-order valence-electron chi connectivity index (χ3n) is 7.23. The number of carbonyl (C=O) groups excluding carboxylic acids is 3. The Kier molecular flexibility index (Phi) is 5.50. The fraction of sp³-hybridized carbons (Fsp3) is 0.148. The van der Waals surface area contributed by atoms with Gasteiger partial charge in [-0.2, -0.15) is 0 Å². The first-order valence-electron chi connectivity index (χ1n) is 11.7. The van der Waals surface area contributed by atoms with Crippen molar-refractivity contribution in [3.63, 3.8) is 0 Å². The molecule has 2 saturated heterocycles. The molecule has 1 N–H and O–H groups in total. The first kappa shape index (κ1) is 23.8.